The summed E-state index contributed by atoms with van der Waals surface area (Å²) in [5.41, 5.74) is 1.69. The standard InChI is InChI=1S/C7H8N2O2/c1-6-7(5-11-9-6)3-2-4-8-10/h2-5,10H,1H3/b3-2-,8-4+. The molecule has 58 valence electrons. The smallest absolute Gasteiger partial charge is 0.131 e. The highest BCUT2D eigenvalue weighted by Gasteiger charge is 1.95. The molecule has 1 rings (SSSR count). The van der Waals surface area contributed by atoms with Gasteiger partial charge >= 0.3 is 0 Å². The van der Waals surface area contributed by atoms with Crippen molar-refractivity contribution in [3.8, 4) is 0 Å². The first kappa shape index (κ1) is 7.53. The third-order valence-corrected chi connectivity index (χ3v) is 1.22. The lowest BCUT2D eigenvalue weighted by atomic mass is 10.2. The summed E-state index contributed by atoms with van der Waals surface area (Å²) >= 11 is 0. The van der Waals surface area contributed by atoms with Crippen LogP contribution in [0.15, 0.2) is 22.0 Å². The molecule has 0 fully saturated rings. The van der Waals surface area contributed by atoms with Crippen molar-refractivity contribution in [2.24, 2.45) is 5.16 Å². The maximum atomic E-state index is 8.04. The zero-order chi connectivity index (χ0) is 8.10. The van der Waals surface area contributed by atoms with Crippen LogP contribution in [0.3, 0.4) is 0 Å². The van der Waals surface area contributed by atoms with E-state index in [0.29, 0.717) is 0 Å². The van der Waals surface area contributed by atoms with Gasteiger partial charge in [-0.3, -0.25) is 0 Å². The highest BCUT2D eigenvalue weighted by molar-refractivity contribution is 5.77. The van der Waals surface area contributed by atoms with Gasteiger partial charge < -0.3 is 9.73 Å². The molecule has 1 aromatic heterocycles. The minimum Gasteiger partial charge on any atom is -0.411 e. The fraction of sp³-hybridized carbons (Fsp3) is 0.143. The molecular formula is C7H8N2O2. The average Bonchev–Trinajstić information content (AvgIpc) is 2.37. The van der Waals surface area contributed by atoms with E-state index in [9.17, 15) is 0 Å². The minimum atomic E-state index is 0.813. The molecule has 0 radical (unpaired) electrons. The molecule has 0 atom stereocenters. The van der Waals surface area contributed by atoms with Crippen LogP contribution in [0.1, 0.15) is 11.3 Å². The van der Waals surface area contributed by atoms with Crippen LogP contribution in [0.4, 0.5) is 0 Å². The molecule has 0 aromatic carbocycles. The number of allylic oxidation sites excluding steroid dienone is 1. The summed E-state index contributed by atoms with van der Waals surface area (Å²) in [6.07, 6.45) is 6.13. The van der Waals surface area contributed by atoms with Gasteiger partial charge in [-0.2, -0.15) is 0 Å². The number of aromatic nitrogens is 1. The van der Waals surface area contributed by atoms with Gasteiger partial charge in [-0.15, -0.1) is 0 Å². The second-order valence-corrected chi connectivity index (χ2v) is 1.98. The van der Waals surface area contributed by atoms with Gasteiger partial charge in [0.25, 0.3) is 0 Å². The first-order chi connectivity index (χ1) is 5.34. The van der Waals surface area contributed by atoms with E-state index in [1.165, 1.54) is 12.5 Å². The van der Waals surface area contributed by atoms with Gasteiger partial charge in [-0.1, -0.05) is 10.3 Å². The fourth-order valence-electron chi connectivity index (χ4n) is 0.645. The number of aryl methyl sites for hydroxylation is 1. The largest absolute Gasteiger partial charge is 0.411 e. The first-order valence-electron chi connectivity index (χ1n) is 3.09. The summed E-state index contributed by atoms with van der Waals surface area (Å²) in [5, 5.41) is 14.5. The molecule has 11 heavy (non-hydrogen) atoms. The summed E-state index contributed by atoms with van der Waals surface area (Å²) in [4.78, 5) is 0. The van der Waals surface area contributed by atoms with Crippen molar-refractivity contribution in [3.63, 3.8) is 0 Å². The summed E-state index contributed by atoms with van der Waals surface area (Å²) < 4.78 is 4.67. The van der Waals surface area contributed by atoms with E-state index in [1.54, 1.807) is 12.2 Å². The quantitative estimate of drug-likeness (QED) is 0.396. The van der Waals surface area contributed by atoms with Gasteiger partial charge in [0.2, 0.25) is 0 Å². The molecule has 1 N–H and O–H groups in total. The molecule has 0 amide bonds. The lowest BCUT2D eigenvalue weighted by Gasteiger charge is -1.80. The molecule has 0 bridgehead atoms. The van der Waals surface area contributed by atoms with Gasteiger partial charge in [0.15, 0.2) is 0 Å². The van der Waals surface area contributed by atoms with Crippen LogP contribution in [0.5, 0.6) is 0 Å². The second-order valence-electron chi connectivity index (χ2n) is 1.98. The average molecular weight is 152 g/mol. The summed E-state index contributed by atoms with van der Waals surface area (Å²) in [6, 6.07) is 0. The Morgan fingerprint density at radius 1 is 1.73 bits per heavy atom. The monoisotopic (exact) mass is 152 g/mol. The third-order valence-electron chi connectivity index (χ3n) is 1.22. The third kappa shape index (κ3) is 1.93. The molecule has 0 aliphatic rings. The van der Waals surface area contributed by atoms with Gasteiger partial charge in [0, 0.05) is 5.56 Å². The molecule has 1 heterocycles. The first-order valence-corrected chi connectivity index (χ1v) is 3.09. The van der Waals surface area contributed by atoms with Crippen LogP contribution < -0.4 is 0 Å². The molecule has 1 aromatic rings. The van der Waals surface area contributed by atoms with E-state index < -0.39 is 0 Å². The Bertz CT molecular complexity index is 276. The predicted octanol–water partition coefficient (Wildman–Crippen LogP) is 1.46. The van der Waals surface area contributed by atoms with E-state index in [0.717, 1.165) is 11.3 Å². The number of hydrogen-bond acceptors (Lipinski definition) is 4. The predicted molar refractivity (Wildman–Crippen MR) is 40.6 cm³/mol. The Hall–Kier alpha value is -1.58. The summed E-state index contributed by atoms with van der Waals surface area (Å²) in [6.45, 7) is 1.83. The highest BCUT2D eigenvalue weighted by atomic mass is 16.5. The minimum absolute atomic E-state index is 0.813. The molecule has 0 aliphatic carbocycles. The van der Waals surface area contributed by atoms with Gasteiger partial charge in [-0.25, -0.2) is 0 Å². The van der Waals surface area contributed by atoms with Gasteiger partial charge in [0.05, 0.1) is 11.9 Å². The van der Waals surface area contributed by atoms with E-state index in [2.05, 4.69) is 14.8 Å². The summed E-state index contributed by atoms with van der Waals surface area (Å²) in [5.74, 6) is 0. The van der Waals surface area contributed by atoms with Crippen LogP contribution >= 0.6 is 0 Å². The Labute approximate surface area is 63.8 Å². The number of rotatable bonds is 2. The molecule has 0 spiro atoms. The summed E-state index contributed by atoms with van der Waals surface area (Å²) in [7, 11) is 0. The van der Waals surface area contributed by atoms with Crippen molar-refractivity contribution in [1.82, 2.24) is 5.16 Å². The number of oxime groups is 1. The van der Waals surface area contributed by atoms with E-state index in [-0.39, 0.29) is 0 Å². The van der Waals surface area contributed by atoms with Crippen molar-refractivity contribution < 1.29 is 9.73 Å². The van der Waals surface area contributed by atoms with Crippen LogP contribution in [-0.4, -0.2) is 16.6 Å². The van der Waals surface area contributed by atoms with Crippen LogP contribution in [0.25, 0.3) is 6.08 Å². The van der Waals surface area contributed by atoms with E-state index in [1.807, 2.05) is 6.92 Å². The van der Waals surface area contributed by atoms with E-state index in [4.69, 9.17) is 5.21 Å². The van der Waals surface area contributed by atoms with Crippen molar-refractivity contribution in [2.45, 2.75) is 6.92 Å². The van der Waals surface area contributed by atoms with Crippen molar-refractivity contribution in [3.05, 3.63) is 23.6 Å². The lowest BCUT2D eigenvalue weighted by Crippen LogP contribution is -1.72. The maximum absolute atomic E-state index is 8.04. The highest BCUT2D eigenvalue weighted by Crippen LogP contribution is 2.05. The van der Waals surface area contributed by atoms with Gasteiger partial charge in [-0.05, 0) is 19.1 Å². The zero-order valence-corrected chi connectivity index (χ0v) is 6.06. The van der Waals surface area contributed by atoms with E-state index >= 15 is 0 Å². The molecule has 0 unspecified atom stereocenters. The van der Waals surface area contributed by atoms with Crippen LogP contribution in [-0.2, 0) is 0 Å². The Kier molecular flexibility index (Phi) is 2.43. The Morgan fingerprint density at radius 2 is 2.55 bits per heavy atom. The Balaban J connectivity index is 2.71. The normalized spacial score (nSPS) is 11.7. The molecule has 0 saturated heterocycles. The fourth-order valence-corrected chi connectivity index (χ4v) is 0.645. The molecule has 4 heteroatoms. The molecule has 0 aliphatic heterocycles. The maximum Gasteiger partial charge on any atom is 0.131 e. The second kappa shape index (κ2) is 3.55. The van der Waals surface area contributed by atoms with Crippen LogP contribution in [0, 0.1) is 6.92 Å². The van der Waals surface area contributed by atoms with Crippen molar-refractivity contribution >= 4 is 12.3 Å². The number of hydrogen-bond donors (Lipinski definition) is 1. The lowest BCUT2D eigenvalue weighted by molar-refractivity contribution is 0.322. The van der Waals surface area contributed by atoms with Gasteiger partial charge in [0.1, 0.15) is 6.26 Å². The SMILES string of the molecule is Cc1nocc1/C=C\C=N\O. The van der Waals surface area contributed by atoms with Crippen molar-refractivity contribution in [2.75, 3.05) is 0 Å². The molecule has 0 saturated carbocycles. The molecular weight excluding hydrogens is 144 g/mol. The molecule has 4 nitrogen and oxygen atoms in total. The number of nitrogens with zero attached hydrogens (tertiary/aromatic N) is 2. The zero-order valence-electron chi connectivity index (χ0n) is 6.06. The van der Waals surface area contributed by atoms with Crippen LogP contribution in [0.2, 0.25) is 0 Å². The Morgan fingerprint density at radius 3 is 3.09 bits per heavy atom. The van der Waals surface area contributed by atoms with Crippen molar-refractivity contribution in [1.29, 1.82) is 0 Å². The topological polar surface area (TPSA) is 58.6 Å².